The van der Waals surface area contributed by atoms with E-state index in [-0.39, 0.29) is 0 Å². The van der Waals surface area contributed by atoms with E-state index >= 15 is 0 Å². The third kappa shape index (κ3) is 1.45. The lowest BCUT2D eigenvalue weighted by atomic mass is 9.91. The van der Waals surface area contributed by atoms with E-state index in [9.17, 15) is 0 Å². The zero-order valence-electron chi connectivity index (χ0n) is 10.8. The molecule has 3 rings (SSSR count). The van der Waals surface area contributed by atoms with Crippen LogP contribution >= 0.6 is 0 Å². The fourth-order valence-corrected chi connectivity index (χ4v) is 3.16. The predicted molar refractivity (Wildman–Crippen MR) is 75.0 cm³/mol. The Morgan fingerprint density at radius 2 is 1.94 bits per heavy atom. The fraction of sp³-hybridized carbons (Fsp3) is 0.375. The highest BCUT2D eigenvalue weighted by Gasteiger charge is 2.27. The molecule has 0 saturated heterocycles. The Morgan fingerprint density at radius 1 is 1.24 bits per heavy atom. The summed E-state index contributed by atoms with van der Waals surface area (Å²) in [6.45, 7) is 5.68. The number of anilines is 1. The maximum atomic E-state index is 2.41. The zero-order chi connectivity index (χ0) is 12.0. The zero-order valence-corrected chi connectivity index (χ0v) is 10.8. The summed E-state index contributed by atoms with van der Waals surface area (Å²) < 4.78 is 0. The van der Waals surface area contributed by atoms with Gasteiger partial charge in [-0.15, -0.1) is 0 Å². The smallest absolute Gasteiger partial charge is 0.0409 e. The van der Waals surface area contributed by atoms with Gasteiger partial charge in [0.1, 0.15) is 0 Å². The minimum Gasteiger partial charge on any atom is -0.374 e. The lowest BCUT2D eigenvalue weighted by Crippen LogP contribution is -2.14. The molecular formula is C16H19N. The number of fused-ring (bicyclic) bond motifs is 3. The van der Waals surface area contributed by atoms with Gasteiger partial charge in [-0.25, -0.2) is 0 Å². The summed E-state index contributed by atoms with van der Waals surface area (Å²) >= 11 is 0. The van der Waals surface area contributed by atoms with E-state index in [0.717, 1.165) is 0 Å². The minimum atomic E-state index is 0.695. The maximum absolute atomic E-state index is 2.41. The molecule has 0 amide bonds. The van der Waals surface area contributed by atoms with Crippen LogP contribution in [0.1, 0.15) is 30.4 Å². The number of benzene rings is 2. The SMILES string of the molecule is CCC1CN(C)c2cc(C)c3ccccc3c21. The van der Waals surface area contributed by atoms with Gasteiger partial charge in [0.05, 0.1) is 0 Å². The van der Waals surface area contributed by atoms with Crippen molar-refractivity contribution in [2.45, 2.75) is 26.2 Å². The summed E-state index contributed by atoms with van der Waals surface area (Å²) in [7, 11) is 2.21. The van der Waals surface area contributed by atoms with Gasteiger partial charge in [-0.1, -0.05) is 31.2 Å². The first-order valence-corrected chi connectivity index (χ1v) is 6.45. The average molecular weight is 225 g/mol. The van der Waals surface area contributed by atoms with Gasteiger partial charge in [0.25, 0.3) is 0 Å². The Kier molecular flexibility index (Phi) is 2.36. The number of nitrogens with zero attached hydrogens (tertiary/aromatic N) is 1. The summed E-state index contributed by atoms with van der Waals surface area (Å²) in [5, 5.41) is 2.87. The topological polar surface area (TPSA) is 3.24 Å². The van der Waals surface area contributed by atoms with Gasteiger partial charge in [-0.2, -0.15) is 0 Å². The van der Waals surface area contributed by atoms with Crippen molar-refractivity contribution in [2.24, 2.45) is 0 Å². The van der Waals surface area contributed by atoms with Crippen molar-refractivity contribution in [1.29, 1.82) is 0 Å². The van der Waals surface area contributed by atoms with E-state index in [1.54, 1.807) is 5.56 Å². The molecule has 2 aromatic carbocycles. The molecule has 0 aromatic heterocycles. The van der Waals surface area contributed by atoms with Crippen molar-refractivity contribution in [3.05, 3.63) is 41.5 Å². The standard InChI is InChI=1S/C16H19N/c1-4-12-10-17(3)15-9-11(2)13-7-5-6-8-14(13)16(12)15/h5-9,12H,4,10H2,1-3H3. The number of hydrogen-bond donors (Lipinski definition) is 0. The van der Waals surface area contributed by atoms with Gasteiger partial charge in [0, 0.05) is 25.2 Å². The summed E-state index contributed by atoms with van der Waals surface area (Å²) in [6.07, 6.45) is 1.23. The van der Waals surface area contributed by atoms with E-state index in [2.05, 4.69) is 56.1 Å². The highest BCUT2D eigenvalue weighted by Crippen LogP contribution is 2.42. The molecule has 0 N–H and O–H groups in total. The van der Waals surface area contributed by atoms with E-state index in [0.29, 0.717) is 5.92 Å². The molecule has 2 aromatic rings. The lowest BCUT2D eigenvalue weighted by molar-refractivity contribution is 0.699. The first-order valence-electron chi connectivity index (χ1n) is 6.45. The van der Waals surface area contributed by atoms with Gasteiger partial charge in [0.15, 0.2) is 0 Å². The van der Waals surface area contributed by atoms with Gasteiger partial charge in [0.2, 0.25) is 0 Å². The molecule has 1 unspecified atom stereocenters. The van der Waals surface area contributed by atoms with Crippen LogP contribution in [0.3, 0.4) is 0 Å². The monoisotopic (exact) mass is 225 g/mol. The fourth-order valence-electron chi connectivity index (χ4n) is 3.16. The molecule has 0 spiro atoms. The van der Waals surface area contributed by atoms with Crippen LogP contribution < -0.4 is 4.90 Å². The lowest BCUT2D eigenvalue weighted by Gasteiger charge is -2.14. The van der Waals surface area contributed by atoms with Gasteiger partial charge < -0.3 is 4.90 Å². The van der Waals surface area contributed by atoms with E-state index < -0.39 is 0 Å². The molecule has 1 aliphatic heterocycles. The van der Waals surface area contributed by atoms with Gasteiger partial charge in [-0.3, -0.25) is 0 Å². The highest BCUT2D eigenvalue weighted by molar-refractivity contribution is 5.94. The molecule has 17 heavy (non-hydrogen) atoms. The molecule has 0 radical (unpaired) electrons. The Bertz CT molecular complexity index is 571. The van der Waals surface area contributed by atoms with Crippen molar-refractivity contribution < 1.29 is 0 Å². The second-order valence-electron chi connectivity index (χ2n) is 5.16. The molecule has 0 fully saturated rings. The Balaban J connectivity index is 2.38. The number of likely N-dealkylation sites (N-methyl/N-ethyl adjacent to an activating group) is 1. The molecule has 1 heteroatoms. The van der Waals surface area contributed by atoms with Crippen molar-refractivity contribution in [1.82, 2.24) is 0 Å². The van der Waals surface area contributed by atoms with Gasteiger partial charge >= 0.3 is 0 Å². The van der Waals surface area contributed by atoms with E-state index in [1.165, 1.54) is 35.0 Å². The van der Waals surface area contributed by atoms with Crippen LogP contribution in [-0.2, 0) is 0 Å². The third-order valence-corrected chi connectivity index (χ3v) is 4.08. The Morgan fingerprint density at radius 3 is 2.65 bits per heavy atom. The third-order valence-electron chi connectivity index (χ3n) is 4.08. The summed E-state index contributed by atoms with van der Waals surface area (Å²) in [4.78, 5) is 2.41. The van der Waals surface area contributed by atoms with Crippen LogP contribution in [0.15, 0.2) is 30.3 Å². The van der Waals surface area contributed by atoms with Crippen LogP contribution in [0.4, 0.5) is 5.69 Å². The molecule has 1 heterocycles. The minimum absolute atomic E-state index is 0.695. The summed E-state index contributed by atoms with van der Waals surface area (Å²) in [6, 6.07) is 11.2. The molecule has 0 bridgehead atoms. The van der Waals surface area contributed by atoms with E-state index in [1.807, 2.05) is 0 Å². The quantitative estimate of drug-likeness (QED) is 0.706. The summed E-state index contributed by atoms with van der Waals surface area (Å²) in [5.41, 5.74) is 4.40. The molecule has 0 aliphatic carbocycles. The Labute approximate surface area is 103 Å². The second-order valence-corrected chi connectivity index (χ2v) is 5.16. The predicted octanol–water partition coefficient (Wildman–Crippen LogP) is 4.09. The number of aryl methyl sites for hydroxylation is 1. The second kappa shape index (κ2) is 3.76. The largest absolute Gasteiger partial charge is 0.374 e. The van der Waals surface area contributed by atoms with Crippen LogP contribution in [0.5, 0.6) is 0 Å². The Hall–Kier alpha value is -1.50. The van der Waals surface area contributed by atoms with Crippen LogP contribution in [0, 0.1) is 6.92 Å². The maximum Gasteiger partial charge on any atom is 0.0409 e. The molecule has 88 valence electrons. The first kappa shape index (κ1) is 10.6. The summed E-state index contributed by atoms with van der Waals surface area (Å²) in [5.74, 6) is 0.695. The van der Waals surface area contributed by atoms with Crippen molar-refractivity contribution >= 4 is 16.5 Å². The number of rotatable bonds is 1. The number of hydrogen-bond acceptors (Lipinski definition) is 1. The molecular weight excluding hydrogens is 206 g/mol. The highest BCUT2D eigenvalue weighted by atomic mass is 15.1. The van der Waals surface area contributed by atoms with Crippen LogP contribution in [-0.4, -0.2) is 13.6 Å². The van der Waals surface area contributed by atoms with Gasteiger partial charge in [-0.05, 0) is 41.3 Å². The van der Waals surface area contributed by atoms with E-state index in [4.69, 9.17) is 0 Å². The van der Waals surface area contributed by atoms with Crippen molar-refractivity contribution in [2.75, 3.05) is 18.5 Å². The van der Waals surface area contributed by atoms with Crippen LogP contribution in [0.25, 0.3) is 10.8 Å². The van der Waals surface area contributed by atoms with Crippen LogP contribution in [0.2, 0.25) is 0 Å². The van der Waals surface area contributed by atoms with Crippen molar-refractivity contribution in [3.63, 3.8) is 0 Å². The first-order chi connectivity index (χ1) is 8.22. The van der Waals surface area contributed by atoms with Crippen molar-refractivity contribution in [3.8, 4) is 0 Å². The molecule has 0 saturated carbocycles. The molecule has 1 aliphatic rings. The normalized spacial score (nSPS) is 18.8. The average Bonchev–Trinajstić information content (AvgIpc) is 2.67. The molecule has 1 nitrogen and oxygen atoms in total. The molecule has 1 atom stereocenters.